The van der Waals surface area contributed by atoms with Gasteiger partial charge < -0.3 is 10.6 Å². The molecule has 0 atom stereocenters. The average molecular weight is 365 g/mol. The first kappa shape index (κ1) is 17.0. The van der Waals surface area contributed by atoms with Crippen LogP contribution in [0.4, 0.5) is 36.2 Å². The van der Waals surface area contributed by atoms with Crippen molar-refractivity contribution in [1.29, 1.82) is 0 Å². The maximum atomic E-state index is 13.8. The van der Waals surface area contributed by atoms with Crippen LogP contribution in [0.3, 0.4) is 0 Å². The molecular weight excluding hydrogens is 353 g/mol. The highest BCUT2D eigenvalue weighted by atomic mass is 35.5. The van der Waals surface area contributed by atoms with E-state index in [1.54, 1.807) is 6.92 Å². The third kappa shape index (κ3) is 4.19. The minimum Gasteiger partial charge on any atom is -0.340 e. The van der Waals surface area contributed by atoms with E-state index < -0.39 is 17.5 Å². The number of aryl methyl sites for hydroxylation is 1. The van der Waals surface area contributed by atoms with E-state index in [0.29, 0.717) is 23.1 Å². The molecule has 25 heavy (non-hydrogen) atoms. The lowest BCUT2D eigenvalue weighted by molar-refractivity contribution is 0.586. The SMILES string of the molecule is Cc1nc(Nc2ccc(F)c(Cl)c2)cc(Nc2ccc(F)cc2F)n1. The molecule has 1 heterocycles. The first-order valence-electron chi connectivity index (χ1n) is 7.20. The number of hydrogen-bond donors (Lipinski definition) is 2. The summed E-state index contributed by atoms with van der Waals surface area (Å²) in [4.78, 5) is 8.36. The van der Waals surface area contributed by atoms with Gasteiger partial charge in [-0.05, 0) is 37.3 Å². The summed E-state index contributed by atoms with van der Waals surface area (Å²) >= 11 is 5.75. The van der Waals surface area contributed by atoms with Crippen molar-refractivity contribution in [2.24, 2.45) is 0 Å². The Labute approximate surface area is 146 Å². The van der Waals surface area contributed by atoms with Crippen molar-refractivity contribution in [2.75, 3.05) is 10.6 Å². The Kier molecular flexibility index (Phi) is 4.76. The lowest BCUT2D eigenvalue weighted by Crippen LogP contribution is -2.02. The molecule has 0 saturated carbocycles. The number of benzene rings is 2. The molecule has 0 aliphatic heterocycles. The largest absolute Gasteiger partial charge is 0.340 e. The van der Waals surface area contributed by atoms with Gasteiger partial charge in [0, 0.05) is 17.8 Å². The number of aromatic nitrogens is 2. The van der Waals surface area contributed by atoms with Crippen molar-refractivity contribution in [3.63, 3.8) is 0 Å². The van der Waals surface area contributed by atoms with Crippen LogP contribution < -0.4 is 10.6 Å². The van der Waals surface area contributed by atoms with Crippen molar-refractivity contribution < 1.29 is 13.2 Å². The molecule has 0 aliphatic rings. The summed E-state index contributed by atoms with van der Waals surface area (Å²) in [6.07, 6.45) is 0. The second kappa shape index (κ2) is 6.98. The highest BCUT2D eigenvalue weighted by molar-refractivity contribution is 6.31. The summed E-state index contributed by atoms with van der Waals surface area (Å²) in [7, 11) is 0. The molecule has 0 amide bonds. The van der Waals surface area contributed by atoms with E-state index in [1.165, 1.54) is 30.3 Å². The van der Waals surface area contributed by atoms with E-state index >= 15 is 0 Å². The summed E-state index contributed by atoms with van der Waals surface area (Å²) in [5.41, 5.74) is 0.610. The monoisotopic (exact) mass is 364 g/mol. The molecule has 3 aromatic rings. The number of nitrogens with one attached hydrogen (secondary N) is 2. The van der Waals surface area contributed by atoms with Gasteiger partial charge in [-0.3, -0.25) is 0 Å². The number of anilines is 4. The van der Waals surface area contributed by atoms with E-state index in [4.69, 9.17) is 11.6 Å². The van der Waals surface area contributed by atoms with Crippen molar-refractivity contribution in [3.8, 4) is 0 Å². The average Bonchev–Trinajstić information content (AvgIpc) is 2.53. The number of nitrogens with zero attached hydrogens (tertiary/aromatic N) is 2. The zero-order valence-electron chi connectivity index (χ0n) is 12.9. The van der Waals surface area contributed by atoms with Gasteiger partial charge in [-0.1, -0.05) is 11.6 Å². The molecule has 0 bridgehead atoms. The van der Waals surface area contributed by atoms with Gasteiger partial charge in [-0.15, -0.1) is 0 Å². The van der Waals surface area contributed by atoms with Crippen molar-refractivity contribution in [1.82, 2.24) is 9.97 Å². The molecule has 8 heteroatoms. The summed E-state index contributed by atoms with van der Waals surface area (Å²) in [6, 6.07) is 8.87. The van der Waals surface area contributed by atoms with Crippen LogP contribution >= 0.6 is 11.6 Å². The summed E-state index contributed by atoms with van der Waals surface area (Å²) in [6.45, 7) is 1.66. The molecule has 0 unspecified atom stereocenters. The zero-order chi connectivity index (χ0) is 18.0. The van der Waals surface area contributed by atoms with Gasteiger partial charge in [0.05, 0.1) is 10.7 Å². The fourth-order valence-corrected chi connectivity index (χ4v) is 2.33. The molecular formula is C17H12ClF3N4. The van der Waals surface area contributed by atoms with Crippen LogP contribution in [-0.4, -0.2) is 9.97 Å². The number of halogens is 4. The molecule has 4 nitrogen and oxygen atoms in total. The molecule has 0 saturated heterocycles. The summed E-state index contributed by atoms with van der Waals surface area (Å²) in [5.74, 6) is -0.800. The Morgan fingerprint density at radius 2 is 1.56 bits per heavy atom. The molecule has 1 aromatic heterocycles. The van der Waals surface area contributed by atoms with Gasteiger partial charge >= 0.3 is 0 Å². The van der Waals surface area contributed by atoms with Gasteiger partial charge in [-0.25, -0.2) is 23.1 Å². The first-order valence-corrected chi connectivity index (χ1v) is 7.58. The van der Waals surface area contributed by atoms with Crippen molar-refractivity contribution in [2.45, 2.75) is 6.92 Å². The van der Waals surface area contributed by atoms with Gasteiger partial charge in [0.1, 0.15) is 34.9 Å². The van der Waals surface area contributed by atoms with Crippen LogP contribution in [0.2, 0.25) is 5.02 Å². The topological polar surface area (TPSA) is 49.8 Å². The zero-order valence-corrected chi connectivity index (χ0v) is 13.7. The molecule has 0 radical (unpaired) electrons. The van der Waals surface area contributed by atoms with E-state index in [2.05, 4.69) is 20.6 Å². The summed E-state index contributed by atoms with van der Waals surface area (Å²) in [5, 5.41) is 5.71. The van der Waals surface area contributed by atoms with Crippen LogP contribution in [0.5, 0.6) is 0 Å². The van der Waals surface area contributed by atoms with Crippen LogP contribution in [0, 0.1) is 24.4 Å². The van der Waals surface area contributed by atoms with Gasteiger partial charge in [0.15, 0.2) is 0 Å². The third-order valence-electron chi connectivity index (χ3n) is 3.22. The van der Waals surface area contributed by atoms with Crippen molar-refractivity contribution in [3.05, 3.63) is 70.8 Å². The minimum absolute atomic E-state index is 0.0255. The third-order valence-corrected chi connectivity index (χ3v) is 3.51. The Hall–Kier alpha value is -2.80. The van der Waals surface area contributed by atoms with E-state index in [0.717, 1.165) is 12.1 Å². The normalized spacial score (nSPS) is 10.6. The van der Waals surface area contributed by atoms with Gasteiger partial charge in [0.2, 0.25) is 0 Å². The second-order valence-corrected chi connectivity index (χ2v) is 5.60. The predicted octanol–water partition coefficient (Wildman–Crippen LogP) is 5.34. The lowest BCUT2D eigenvalue weighted by atomic mass is 10.3. The Morgan fingerprint density at radius 1 is 0.840 bits per heavy atom. The standard InChI is InChI=1S/C17H12ClF3N4/c1-9-22-16(24-11-3-4-13(20)12(18)7-11)8-17(23-9)25-15-5-2-10(19)6-14(15)21/h2-8H,1H3,(H2,22,23,24,25). The van der Waals surface area contributed by atoms with Crippen LogP contribution in [-0.2, 0) is 0 Å². The fraction of sp³-hybridized carbons (Fsp3) is 0.0588. The fourth-order valence-electron chi connectivity index (χ4n) is 2.15. The van der Waals surface area contributed by atoms with Crippen LogP contribution in [0.25, 0.3) is 0 Å². The molecule has 0 aliphatic carbocycles. The summed E-state index contributed by atoms with van der Waals surface area (Å²) < 4.78 is 39.9. The highest BCUT2D eigenvalue weighted by Crippen LogP contribution is 2.25. The molecule has 128 valence electrons. The molecule has 3 rings (SSSR count). The van der Waals surface area contributed by atoms with E-state index in [-0.39, 0.29) is 10.7 Å². The number of hydrogen-bond acceptors (Lipinski definition) is 4. The van der Waals surface area contributed by atoms with E-state index in [1.807, 2.05) is 0 Å². The molecule has 0 spiro atoms. The van der Waals surface area contributed by atoms with Crippen LogP contribution in [0.15, 0.2) is 42.5 Å². The number of rotatable bonds is 4. The predicted molar refractivity (Wildman–Crippen MR) is 91.1 cm³/mol. The lowest BCUT2D eigenvalue weighted by Gasteiger charge is -2.11. The Morgan fingerprint density at radius 3 is 2.24 bits per heavy atom. The van der Waals surface area contributed by atoms with Crippen LogP contribution in [0.1, 0.15) is 5.82 Å². The Balaban J connectivity index is 1.86. The smallest absolute Gasteiger partial charge is 0.149 e. The highest BCUT2D eigenvalue weighted by Gasteiger charge is 2.08. The first-order chi connectivity index (χ1) is 11.9. The molecule has 0 fully saturated rings. The molecule has 2 N–H and O–H groups in total. The van der Waals surface area contributed by atoms with Crippen molar-refractivity contribution >= 4 is 34.6 Å². The van der Waals surface area contributed by atoms with E-state index in [9.17, 15) is 13.2 Å². The maximum absolute atomic E-state index is 13.8. The Bertz CT molecular complexity index is 934. The molecule has 2 aromatic carbocycles. The van der Waals surface area contributed by atoms with Gasteiger partial charge in [-0.2, -0.15) is 0 Å². The second-order valence-electron chi connectivity index (χ2n) is 5.19. The quantitative estimate of drug-likeness (QED) is 0.655. The van der Waals surface area contributed by atoms with Gasteiger partial charge in [0.25, 0.3) is 0 Å². The maximum Gasteiger partial charge on any atom is 0.149 e. The minimum atomic E-state index is -0.740.